The Balaban J connectivity index is 2.00. The highest BCUT2D eigenvalue weighted by Crippen LogP contribution is 2.25. The van der Waals surface area contributed by atoms with Crippen LogP contribution in [0.25, 0.3) is 5.69 Å². The molecule has 1 heterocycles. The van der Waals surface area contributed by atoms with E-state index in [1.807, 2.05) is 44.2 Å². The Morgan fingerprint density at radius 2 is 1.85 bits per heavy atom. The van der Waals surface area contributed by atoms with Crippen molar-refractivity contribution in [2.45, 2.75) is 20.8 Å². The lowest BCUT2D eigenvalue weighted by molar-refractivity contribution is 0.0696. The van der Waals surface area contributed by atoms with E-state index in [4.69, 9.17) is 11.6 Å². The van der Waals surface area contributed by atoms with Crippen molar-refractivity contribution in [2.24, 2.45) is 4.99 Å². The van der Waals surface area contributed by atoms with Gasteiger partial charge in [-0.1, -0.05) is 23.7 Å². The second kappa shape index (κ2) is 7.18. The number of aromatic carboxylic acids is 1. The molecule has 5 heteroatoms. The zero-order chi connectivity index (χ0) is 18.8. The van der Waals surface area contributed by atoms with E-state index < -0.39 is 5.97 Å². The van der Waals surface area contributed by atoms with Gasteiger partial charge in [0.25, 0.3) is 0 Å². The number of aliphatic imine (C=N–C) groups is 1. The molecular weight excluding hydrogens is 348 g/mol. The van der Waals surface area contributed by atoms with Gasteiger partial charge in [-0.15, -0.1) is 0 Å². The number of benzene rings is 2. The van der Waals surface area contributed by atoms with Gasteiger partial charge in [-0.2, -0.15) is 0 Å². The van der Waals surface area contributed by atoms with Gasteiger partial charge in [0.15, 0.2) is 0 Å². The zero-order valence-corrected chi connectivity index (χ0v) is 15.6. The van der Waals surface area contributed by atoms with Crippen LogP contribution in [0.15, 0.2) is 53.5 Å². The molecule has 0 bridgehead atoms. The van der Waals surface area contributed by atoms with Crippen molar-refractivity contribution in [1.29, 1.82) is 0 Å². The third-order valence-electron chi connectivity index (χ3n) is 4.42. The molecule has 132 valence electrons. The van der Waals surface area contributed by atoms with Crippen LogP contribution in [0, 0.1) is 20.8 Å². The van der Waals surface area contributed by atoms with Gasteiger partial charge in [0, 0.05) is 33.9 Å². The first-order valence-corrected chi connectivity index (χ1v) is 8.58. The standard InChI is InChI=1S/C21H19ClN2O2/c1-13-10-16(15(3)24(13)18-7-4-6-17(22)11-18)12-23-20-9-5-8-19(14(20)2)21(25)26/h4-12H,1-3H3,(H,25,26). The van der Waals surface area contributed by atoms with E-state index in [1.54, 1.807) is 25.3 Å². The van der Waals surface area contributed by atoms with Crippen molar-refractivity contribution in [2.75, 3.05) is 0 Å². The Bertz CT molecular complexity index is 1020. The number of rotatable bonds is 4. The summed E-state index contributed by atoms with van der Waals surface area (Å²) in [7, 11) is 0. The maximum Gasteiger partial charge on any atom is 0.336 e. The van der Waals surface area contributed by atoms with Crippen molar-refractivity contribution in [3.63, 3.8) is 0 Å². The van der Waals surface area contributed by atoms with Gasteiger partial charge >= 0.3 is 5.97 Å². The first kappa shape index (κ1) is 18.0. The predicted octanol–water partition coefficient (Wildman–Crippen LogP) is 5.50. The van der Waals surface area contributed by atoms with Crippen LogP contribution in [0.1, 0.15) is 32.9 Å². The van der Waals surface area contributed by atoms with Crippen LogP contribution in [0.4, 0.5) is 5.69 Å². The summed E-state index contributed by atoms with van der Waals surface area (Å²) < 4.78 is 2.12. The average molecular weight is 367 g/mol. The van der Waals surface area contributed by atoms with E-state index >= 15 is 0 Å². The Morgan fingerprint density at radius 1 is 1.12 bits per heavy atom. The number of hydrogen-bond donors (Lipinski definition) is 1. The molecule has 26 heavy (non-hydrogen) atoms. The lowest BCUT2D eigenvalue weighted by Crippen LogP contribution is -2.00. The second-order valence-corrected chi connectivity index (χ2v) is 6.59. The third kappa shape index (κ3) is 3.41. The Hall–Kier alpha value is -2.85. The first-order valence-electron chi connectivity index (χ1n) is 8.20. The molecule has 0 fully saturated rings. The molecule has 0 saturated carbocycles. The second-order valence-electron chi connectivity index (χ2n) is 6.15. The molecule has 1 aromatic heterocycles. The van der Waals surface area contributed by atoms with Crippen LogP contribution in [0.2, 0.25) is 5.02 Å². The lowest BCUT2D eigenvalue weighted by Gasteiger charge is -2.09. The lowest BCUT2D eigenvalue weighted by atomic mass is 10.1. The average Bonchev–Trinajstić information content (AvgIpc) is 2.87. The summed E-state index contributed by atoms with van der Waals surface area (Å²) in [5.74, 6) is -0.946. The summed E-state index contributed by atoms with van der Waals surface area (Å²) in [5.41, 5.74) is 5.66. The maximum atomic E-state index is 11.3. The predicted molar refractivity (Wildman–Crippen MR) is 106 cm³/mol. The fourth-order valence-electron chi connectivity index (χ4n) is 3.06. The van der Waals surface area contributed by atoms with Crippen molar-refractivity contribution in [1.82, 2.24) is 4.57 Å². The van der Waals surface area contributed by atoms with Crippen LogP contribution < -0.4 is 0 Å². The van der Waals surface area contributed by atoms with Crippen LogP contribution in [-0.2, 0) is 0 Å². The van der Waals surface area contributed by atoms with Gasteiger partial charge < -0.3 is 9.67 Å². The van der Waals surface area contributed by atoms with Crippen molar-refractivity contribution < 1.29 is 9.90 Å². The quantitative estimate of drug-likeness (QED) is 0.619. The summed E-state index contributed by atoms with van der Waals surface area (Å²) in [4.78, 5) is 15.8. The van der Waals surface area contributed by atoms with Crippen LogP contribution >= 0.6 is 11.6 Å². The summed E-state index contributed by atoms with van der Waals surface area (Å²) in [6, 6.07) is 14.9. The number of nitrogens with zero attached hydrogens (tertiary/aromatic N) is 2. The number of aryl methyl sites for hydroxylation is 1. The topological polar surface area (TPSA) is 54.6 Å². The van der Waals surface area contributed by atoms with Crippen molar-refractivity contribution in [3.8, 4) is 5.69 Å². The summed E-state index contributed by atoms with van der Waals surface area (Å²) in [5, 5.41) is 9.93. The number of halogens is 1. The number of carboxylic acids is 1. The van der Waals surface area contributed by atoms with Gasteiger partial charge in [-0.25, -0.2) is 4.79 Å². The molecular formula is C21H19ClN2O2. The van der Waals surface area contributed by atoms with Crippen LogP contribution in [-0.4, -0.2) is 21.9 Å². The highest BCUT2D eigenvalue weighted by Gasteiger charge is 2.11. The van der Waals surface area contributed by atoms with Gasteiger partial charge in [-0.05, 0) is 62.7 Å². The minimum absolute atomic E-state index is 0.268. The van der Waals surface area contributed by atoms with Gasteiger partial charge in [-0.3, -0.25) is 4.99 Å². The molecule has 0 unspecified atom stereocenters. The molecule has 0 atom stereocenters. The number of carboxylic acid groups (broad SMARTS) is 1. The summed E-state index contributed by atoms with van der Waals surface area (Å²) in [6.07, 6.45) is 1.78. The molecule has 0 aliphatic carbocycles. The first-order chi connectivity index (χ1) is 12.4. The fraction of sp³-hybridized carbons (Fsp3) is 0.143. The number of hydrogen-bond acceptors (Lipinski definition) is 2. The smallest absolute Gasteiger partial charge is 0.336 e. The van der Waals surface area contributed by atoms with Crippen molar-refractivity contribution >= 4 is 29.5 Å². The van der Waals surface area contributed by atoms with Crippen molar-refractivity contribution in [3.05, 3.63) is 81.6 Å². The van der Waals surface area contributed by atoms with Gasteiger partial charge in [0.05, 0.1) is 11.3 Å². The number of aromatic nitrogens is 1. The Kier molecular flexibility index (Phi) is 4.96. The van der Waals surface area contributed by atoms with E-state index in [0.29, 0.717) is 16.3 Å². The molecule has 0 saturated heterocycles. The zero-order valence-electron chi connectivity index (χ0n) is 14.8. The minimum Gasteiger partial charge on any atom is -0.478 e. The minimum atomic E-state index is -0.946. The molecule has 0 aliphatic rings. The SMILES string of the molecule is Cc1c(N=Cc2cc(C)n(-c3cccc(Cl)c3)c2C)cccc1C(=O)O. The molecule has 1 N–H and O–H groups in total. The molecule has 0 aliphatic heterocycles. The van der Waals surface area contributed by atoms with E-state index in [-0.39, 0.29) is 5.56 Å². The molecule has 2 aromatic carbocycles. The monoisotopic (exact) mass is 366 g/mol. The number of carbonyl (C=O) groups is 1. The maximum absolute atomic E-state index is 11.3. The Morgan fingerprint density at radius 3 is 2.54 bits per heavy atom. The highest BCUT2D eigenvalue weighted by molar-refractivity contribution is 6.30. The Labute approximate surface area is 157 Å². The van der Waals surface area contributed by atoms with Gasteiger partial charge in [0.1, 0.15) is 0 Å². The normalized spacial score (nSPS) is 11.2. The van der Waals surface area contributed by atoms with Crippen LogP contribution in [0.5, 0.6) is 0 Å². The summed E-state index contributed by atoms with van der Waals surface area (Å²) >= 11 is 6.12. The van der Waals surface area contributed by atoms with E-state index in [1.165, 1.54) is 0 Å². The molecule has 0 spiro atoms. The molecule has 0 amide bonds. The van der Waals surface area contributed by atoms with Gasteiger partial charge in [0.2, 0.25) is 0 Å². The highest BCUT2D eigenvalue weighted by atomic mass is 35.5. The van der Waals surface area contributed by atoms with E-state index in [2.05, 4.69) is 15.6 Å². The van der Waals surface area contributed by atoms with E-state index in [0.717, 1.165) is 22.6 Å². The summed E-state index contributed by atoms with van der Waals surface area (Å²) in [6.45, 7) is 5.82. The largest absolute Gasteiger partial charge is 0.478 e. The third-order valence-corrected chi connectivity index (χ3v) is 4.65. The van der Waals surface area contributed by atoms with Crippen LogP contribution in [0.3, 0.4) is 0 Å². The van der Waals surface area contributed by atoms with E-state index in [9.17, 15) is 9.90 Å². The molecule has 0 radical (unpaired) electrons. The molecule has 3 aromatic rings. The fourth-order valence-corrected chi connectivity index (χ4v) is 3.25. The molecule has 3 rings (SSSR count). The molecule has 4 nitrogen and oxygen atoms in total.